The molecule has 0 bridgehead atoms. The van der Waals surface area contributed by atoms with Gasteiger partial charge in [0.2, 0.25) is 0 Å². The Balaban J connectivity index is 2.14. The zero-order chi connectivity index (χ0) is 15.4. The van der Waals surface area contributed by atoms with Crippen LogP contribution in [0.15, 0.2) is 42.5 Å². The summed E-state index contributed by atoms with van der Waals surface area (Å²) in [7, 11) is 0. The van der Waals surface area contributed by atoms with Crippen molar-refractivity contribution in [3.8, 4) is 0 Å². The lowest BCUT2D eigenvalue weighted by Gasteiger charge is -2.11. The third-order valence-corrected chi connectivity index (χ3v) is 3.57. The van der Waals surface area contributed by atoms with Gasteiger partial charge in [0.15, 0.2) is 0 Å². The van der Waals surface area contributed by atoms with E-state index in [-0.39, 0.29) is 11.3 Å². The molecule has 0 heterocycles. The van der Waals surface area contributed by atoms with Crippen LogP contribution in [-0.2, 0) is 0 Å². The zero-order valence-electron chi connectivity index (χ0n) is 10.6. The lowest BCUT2D eigenvalue weighted by molar-refractivity contribution is 0.0698. The SMILES string of the molecule is O=C(Nc1ccc(I)cc1Cl)Nc1ccccc1C(=O)O. The highest BCUT2D eigenvalue weighted by molar-refractivity contribution is 14.1. The molecule has 5 nitrogen and oxygen atoms in total. The van der Waals surface area contributed by atoms with Crippen molar-refractivity contribution < 1.29 is 14.7 Å². The number of aromatic carboxylic acids is 1. The molecule has 2 amide bonds. The van der Waals surface area contributed by atoms with Crippen LogP contribution in [-0.4, -0.2) is 17.1 Å². The van der Waals surface area contributed by atoms with Crippen LogP contribution in [0.5, 0.6) is 0 Å². The monoisotopic (exact) mass is 416 g/mol. The lowest BCUT2D eigenvalue weighted by atomic mass is 10.2. The number of carbonyl (C=O) groups is 2. The number of hydrogen-bond donors (Lipinski definition) is 3. The first-order valence-electron chi connectivity index (χ1n) is 5.83. The molecule has 2 rings (SSSR count). The first-order chi connectivity index (χ1) is 9.97. The fourth-order valence-electron chi connectivity index (χ4n) is 1.65. The van der Waals surface area contributed by atoms with Gasteiger partial charge in [-0.2, -0.15) is 0 Å². The Morgan fingerprint density at radius 2 is 1.71 bits per heavy atom. The molecule has 7 heteroatoms. The molecule has 3 N–H and O–H groups in total. The van der Waals surface area contributed by atoms with E-state index in [0.717, 1.165) is 3.57 Å². The van der Waals surface area contributed by atoms with Gasteiger partial charge >= 0.3 is 12.0 Å². The number of carbonyl (C=O) groups excluding carboxylic acids is 1. The summed E-state index contributed by atoms with van der Waals surface area (Å²) in [5.41, 5.74) is 0.674. The van der Waals surface area contributed by atoms with Crippen molar-refractivity contribution in [3.05, 3.63) is 56.6 Å². The van der Waals surface area contributed by atoms with Crippen molar-refractivity contribution >= 4 is 57.6 Å². The van der Waals surface area contributed by atoms with Gasteiger partial charge in [-0.15, -0.1) is 0 Å². The number of hydrogen-bond acceptors (Lipinski definition) is 2. The number of amides is 2. The number of para-hydroxylation sites is 1. The van der Waals surface area contributed by atoms with Crippen LogP contribution >= 0.6 is 34.2 Å². The van der Waals surface area contributed by atoms with E-state index in [1.807, 2.05) is 0 Å². The standard InChI is InChI=1S/C14H10ClIN2O3/c15-10-7-8(16)5-6-12(10)18-14(21)17-11-4-2-1-3-9(11)13(19)20/h1-7H,(H,19,20)(H2,17,18,21). The summed E-state index contributed by atoms with van der Waals surface area (Å²) in [4.78, 5) is 23.0. The number of carboxylic acid groups (broad SMARTS) is 1. The van der Waals surface area contributed by atoms with E-state index >= 15 is 0 Å². The second-order valence-electron chi connectivity index (χ2n) is 4.05. The number of nitrogens with one attached hydrogen (secondary N) is 2. The Morgan fingerprint density at radius 1 is 1.05 bits per heavy atom. The quantitative estimate of drug-likeness (QED) is 0.653. The van der Waals surface area contributed by atoms with Crippen LogP contribution in [0.25, 0.3) is 0 Å². The molecule has 0 atom stereocenters. The van der Waals surface area contributed by atoms with Crippen LogP contribution in [0.3, 0.4) is 0 Å². The normalized spacial score (nSPS) is 10.0. The molecule has 2 aromatic carbocycles. The number of anilines is 2. The lowest BCUT2D eigenvalue weighted by Crippen LogP contribution is -2.21. The Kier molecular flexibility index (Phi) is 5.03. The van der Waals surface area contributed by atoms with Gasteiger partial charge < -0.3 is 15.7 Å². The largest absolute Gasteiger partial charge is 0.478 e. The second-order valence-corrected chi connectivity index (χ2v) is 5.71. The summed E-state index contributed by atoms with van der Waals surface area (Å²) >= 11 is 8.12. The number of urea groups is 1. The molecule has 0 aliphatic carbocycles. The Labute approximate surface area is 139 Å². The summed E-state index contributed by atoms with van der Waals surface area (Å²) in [5, 5.41) is 14.5. The van der Waals surface area contributed by atoms with E-state index in [9.17, 15) is 9.59 Å². The van der Waals surface area contributed by atoms with Gasteiger partial charge in [-0.05, 0) is 52.9 Å². The molecule has 2 aromatic rings. The predicted octanol–water partition coefficient (Wildman–Crippen LogP) is 4.29. The highest BCUT2D eigenvalue weighted by Crippen LogP contribution is 2.24. The number of carboxylic acids is 1. The predicted molar refractivity (Wildman–Crippen MR) is 90.2 cm³/mol. The molecule has 21 heavy (non-hydrogen) atoms. The Morgan fingerprint density at radius 3 is 2.38 bits per heavy atom. The average molecular weight is 417 g/mol. The first kappa shape index (κ1) is 15.6. The Hall–Kier alpha value is -1.80. The van der Waals surface area contributed by atoms with Crippen molar-refractivity contribution in [2.75, 3.05) is 10.6 Å². The van der Waals surface area contributed by atoms with E-state index in [1.54, 1.807) is 30.3 Å². The molecule has 0 spiro atoms. The molecule has 0 unspecified atom stereocenters. The minimum absolute atomic E-state index is 0.0151. The molecule has 0 radical (unpaired) electrons. The van der Waals surface area contributed by atoms with Gasteiger partial charge in [-0.1, -0.05) is 23.7 Å². The fraction of sp³-hybridized carbons (Fsp3) is 0. The number of halogens is 2. The first-order valence-corrected chi connectivity index (χ1v) is 7.28. The van der Waals surface area contributed by atoms with Crippen LogP contribution in [0.2, 0.25) is 5.02 Å². The zero-order valence-corrected chi connectivity index (χ0v) is 13.5. The number of benzene rings is 2. The maximum absolute atomic E-state index is 11.9. The van der Waals surface area contributed by atoms with Gasteiger partial charge in [0.25, 0.3) is 0 Å². The highest BCUT2D eigenvalue weighted by atomic mass is 127. The molecule has 108 valence electrons. The van der Waals surface area contributed by atoms with Crippen molar-refractivity contribution in [1.29, 1.82) is 0 Å². The molecule has 0 saturated carbocycles. The van der Waals surface area contributed by atoms with Crippen LogP contribution in [0.1, 0.15) is 10.4 Å². The van der Waals surface area contributed by atoms with E-state index < -0.39 is 12.0 Å². The maximum atomic E-state index is 11.9. The van der Waals surface area contributed by atoms with Crippen LogP contribution < -0.4 is 10.6 Å². The summed E-state index contributed by atoms with van der Waals surface area (Å²) in [5.74, 6) is -1.11. The topological polar surface area (TPSA) is 78.4 Å². The molecule has 0 aliphatic rings. The molecular formula is C14H10ClIN2O3. The van der Waals surface area contributed by atoms with Crippen molar-refractivity contribution in [2.45, 2.75) is 0 Å². The van der Waals surface area contributed by atoms with E-state index in [4.69, 9.17) is 16.7 Å². The van der Waals surface area contributed by atoms with Gasteiger partial charge in [-0.3, -0.25) is 0 Å². The average Bonchev–Trinajstić information content (AvgIpc) is 2.42. The maximum Gasteiger partial charge on any atom is 0.337 e. The van der Waals surface area contributed by atoms with Crippen molar-refractivity contribution in [1.82, 2.24) is 0 Å². The van der Waals surface area contributed by atoms with Gasteiger partial charge in [-0.25, -0.2) is 9.59 Å². The second kappa shape index (κ2) is 6.77. The van der Waals surface area contributed by atoms with E-state index in [1.165, 1.54) is 12.1 Å². The minimum Gasteiger partial charge on any atom is -0.478 e. The third kappa shape index (κ3) is 4.08. The molecule has 0 aromatic heterocycles. The van der Waals surface area contributed by atoms with Crippen molar-refractivity contribution in [3.63, 3.8) is 0 Å². The van der Waals surface area contributed by atoms with Crippen LogP contribution in [0.4, 0.5) is 16.2 Å². The summed E-state index contributed by atoms with van der Waals surface area (Å²) in [6.45, 7) is 0. The molecule has 0 aliphatic heterocycles. The van der Waals surface area contributed by atoms with E-state index in [0.29, 0.717) is 10.7 Å². The molecular weight excluding hydrogens is 407 g/mol. The molecule has 0 fully saturated rings. The number of rotatable bonds is 3. The van der Waals surface area contributed by atoms with Gasteiger partial charge in [0.05, 0.1) is 22.0 Å². The third-order valence-electron chi connectivity index (χ3n) is 2.59. The Bertz CT molecular complexity index is 706. The summed E-state index contributed by atoms with van der Waals surface area (Å²) < 4.78 is 0.944. The van der Waals surface area contributed by atoms with Gasteiger partial charge in [0.1, 0.15) is 0 Å². The van der Waals surface area contributed by atoms with E-state index in [2.05, 4.69) is 33.2 Å². The van der Waals surface area contributed by atoms with Crippen LogP contribution in [0, 0.1) is 3.57 Å². The minimum atomic E-state index is -1.11. The fourth-order valence-corrected chi connectivity index (χ4v) is 2.55. The summed E-state index contributed by atoms with van der Waals surface area (Å²) in [6.07, 6.45) is 0. The summed E-state index contributed by atoms with van der Waals surface area (Å²) in [6, 6.07) is 10.8. The molecule has 0 saturated heterocycles. The van der Waals surface area contributed by atoms with Crippen molar-refractivity contribution in [2.24, 2.45) is 0 Å². The highest BCUT2D eigenvalue weighted by Gasteiger charge is 2.12. The smallest absolute Gasteiger partial charge is 0.337 e. The van der Waals surface area contributed by atoms with Gasteiger partial charge in [0, 0.05) is 3.57 Å².